The van der Waals surface area contributed by atoms with E-state index in [0.29, 0.717) is 12.4 Å². The van der Waals surface area contributed by atoms with E-state index in [4.69, 9.17) is 4.74 Å². The summed E-state index contributed by atoms with van der Waals surface area (Å²) < 4.78 is 5.50. The Labute approximate surface area is 119 Å². The summed E-state index contributed by atoms with van der Waals surface area (Å²) >= 11 is 0. The van der Waals surface area contributed by atoms with Gasteiger partial charge in [-0.3, -0.25) is 0 Å². The predicted molar refractivity (Wildman–Crippen MR) is 79.3 cm³/mol. The van der Waals surface area contributed by atoms with Crippen LogP contribution in [0.15, 0.2) is 48.5 Å². The molecule has 0 spiro atoms. The molecule has 0 aliphatic heterocycles. The molecule has 0 fully saturated rings. The van der Waals surface area contributed by atoms with Crippen molar-refractivity contribution in [3.8, 4) is 17.2 Å². The van der Waals surface area contributed by atoms with Gasteiger partial charge in [0.05, 0.1) is 6.61 Å². The molecule has 0 aromatic heterocycles. The van der Waals surface area contributed by atoms with E-state index in [2.05, 4.69) is 24.3 Å². The highest BCUT2D eigenvalue weighted by Crippen LogP contribution is 2.25. The topological polar surface area (TPSA) is 49.7 Å². The Morgan fingerprint density at radius 3 is 2.20 bits per heavy atom. The molecule has 0 bridgehead atoms. The lowest BCUT2D eigenvalue weighted by Crippen LogP contribution is -1.97. The van der Waals surface area contributed by atoms with E-state index in [1.165, 1.54) is 23.8 Å². The zero-order valence-electron chi connectivity index (χ0n) is 11.5. The van der Waals surface area contributed by atoms with Crippen LogP contribution in [0.1, 0.15) is 24.8 Å². The molecule has 0 aliphatic carbocycles. The lowest BCUT2D eigenvalue weighted by atomic mass is 10.1. The SMILES string of the molecule is Oc1cc(O)cc(OCCCCCc2ccccc2)c1. The average Bonchev–Trinajstić information content (AvgIpc) is 2.43. The van der Waals surface area contributed by atoms with Gasteiger partial charge < -0.3 is 14.9 Å². The summed E-state index contributed by atoms with van der Waals surface area (Å²) in [5, 5.41) is 18.6. The van der Waals surface area contributed by atoms with Gasteiger partial charge in [0, 0.05) is 18.2 Å². The molecule has 0 saturated heterocycles. The first kappa shape index (κ1) is 14.3. The smallest absolute Gasteiger partial charge is 0.126 e. The maximum Gasteiger partial charge on any atom is 0.126 e. The number of aryl methyl sites for hydroxylation is 1. The fourth-order valence-electron chi connectivity index (χ4n) is 2.09. The van der Waals surface area contributed by atoms with E-state index in [9.17, 15) is 10.2 Å². The van der Waals surface area contributed by atoms with E-state index < -0.39 is 0 Å². The van der Waals surface area contributed by atoms with Gasteiger partial charge in [-0.1, -0.05) is 30.3 Å². The number of phenolic OH excluding ortho intramolecular Hbond substituents is 2. The number of ether oxygens (including phenoxy) is 1. The van der Waals surface area contributed by atoms with Crippen molar-refractivity contribution < 1.29 is 14.9 Å². The average molecular weight is 272 g/mol. The van der Waals surface area contributed by atoms with Gasteiger partial charge in [0.1, 0.15) is 17.2 Å². The highest BCUT2D eigenvalue weighted by atomic mass is 16.5. The quantitative estimate of drug-likeness (QED) is 0.752. The number of hydrogen-bond donors (Lipinski definition) is 2. The third-order valence-corrected chi connectivity index (χ3v) is 3.10. The number of aromatic hydroxyl groups is 2. The van der Waals surface area contributed by atoms with Gasteiger partial charge in [-0.05, 0) is 31.2 Å². The summed E-state index contributed by atoms with van der Waals surface area (Å²) in [5.41, 5.74) is 1.37. The maximum absolute atomic E-state index is 9.32. The summed E-state index contributed by atoms with van der Waals surface area (Å²) in [4.78, 5) is 0. The number of unbranched alkanes of at least 4 members (excludes halogenated alkanes) is 2. The molecule has 2 rings (SSSR count). The molecule has 2 aromatic carbocycles. The van der Waals surface area contributed by atoms with Crippen molar-refractivity contribution in [2.75, 3.05) is 6.61 Å². The molecule has 106 valence electrons. The van der Waals surface area contributed by atoms with Crippen LogP contribution in [0.25, 0.3) is 0 Å². The van der Waals surface area contributed by atoms with Gasteiger partial charge >= 0.3 is 0 Å². The molecule has 3 nitrogen and oxygen atoms in total. The second kappa shape index (κ2) is 7.43. The van der Waals surface area contributed by atoms with Crippen molar-refractivity contribution in [3.63, 3.8) is 0 Å². The molecular weight excluding hydrogens is 252 g/mol. The van der Waals surface area contributed by atoms with E-state index in [1.807, 2.05) is 6.07 Å². The van der Waals surface area contributed by atoms with Crippen LogP contribution in [0.3, 0.4) is 0 Å². The minimum Gasteiger partial charge on any atom is -0.508 e. The Morgan fingerprint density at radius 1 is 0.800 bits per heavy atom. The van der Waals surface area contributed by atoms with E-state index >= 15 is 0 Å². The van der Waals surface area contributed by atoms with E-state index in [1.54, 1.807) is 0 Å². The third kappa shape index (κ3) is 4.84. The van der Waals surface area contributed by atoms with Crippen LogP contribution in [-0.2, 0) is 6.42 Å². The molecule has 0 saturated carbocycles. The second-order valence-electron chi connectivity index (χ2n) is 4.83. The van der Waals surface area contributed by atoms with Crippen LogP contribution >= 0.6 is 0 Å². The standard InChI is InChI=1S/C17H20O3/c18-15-11-16(19)13-17(12-15)20-10-6-2-5-9-14-7-3-1-4-8-14/h1,3-4,7-8,11-13,18-19H,2,5-6,9-10H2. The lowest BCUT2D eigenvalue weighted by Gasteiger charge is -2.07. The van der Waals surface area contributed by atoms with Gasteiger partial charge in [-0.15, -0.1) is 0 Å². The number of rotatable bonds is 7. The zero-order valence-corrected chi connectivity index (χ0v) is 11.5. The number of benzene rings is 2. The van der Waals surface area contributed by atoms with Gasteiger partial charge in [0.25, 0.3) is 0 Å². The van der Waals surface area contributed by atoms with Crippen molar-refractivity contribution in [2.45, 2.75) is 25.7 Å². The Hall–Kier alpha value is -2.16. The molecular formula is C17H20O3. The van der Waals surface area contributed by atoms with Crippen LogP contribution < -0.4 is 4.74 Å². The van der Waals surface area contributed by atoms with Gasteiger partial charge in [-0.25, -0.2) is 0 Å². The molecule has 0 heterocycles. The highest BCUT2D eigenvalue weighted by molar-refractivity contribution is 5.40. The zero-order chi connectivity index (χ0) is 14.2. The minimum atomic E-state index is 0.0177. The molecule has 0 unspecified atom stereocenters. The number of hydrogen-bond acceptors (Lipinski definition) is 3. The summed E-state index contributed by atoms with van der Waals surface area (Å²) in [6.45, 7) is 0.595. The summed E-state index contributed by atoms with van der Waals surface area (Å²) in [6.07, 6.45) is 4.29. The fourth-order valence-corrected chi connectivity index (χ4v) is 2.09. The normalized spacial score (nSPS) is 10.4. The molecule has 2 aromatic rings. The first-order valence-electron chi connectivity index (χ1n) is 6.94. The summed E-state index contributed by atoms with van der Waals surface area (Å²) in [6, 6.07) is 14.7. The van der Waals surface area contributed by atoms with Crippen LogP contribution in [-0.4, -0.2) is 16.8 Å². The molecule has 20 heavy (non-hydrogen) atoms. The third-order valence-electron chi connectivity index (χ3n) is 3.10. The molecule has 0 aliphatic rings. The molecule has 2 N–H and O–H groups in total. The summed E-state index contributed by atoms with van der Waals surface area (Å²) in [7, 11) is 0. The number of phenols is 2. The largest absolute Gasteiger partial charge is 0.508 e. The fraction of sp³-hybridized carbons (Fsp3) is 0.294. The maximum atomic E-state index is 9.32. The van der Waals surface area contributed by atoms with E-state index in [-0.39, 0.29) is 11.5 Å². The monoisotopic (exact) mass is 272 g/mol. The molecule has 0 amide bonds. The molecule has 0 radical (unpaired) electrons. The van der Waals surface area contributed by atoms with Crippen LogP contribution in [0.5, 0.6) is 17.2 Å². The molecule has 3 heteroatoms. The molecule has 0 atom stereocenters. The highest BCUT2D eigenvalue weighted by Gasteiger charge is 2.00. The summed E-state index contributed by atoms with van der Waals surface area (Å²) in [5.74, 6) is 0.540. The van der Waals surface area contributed by atoms with Crippen LogP contribution in [0.4, 0.5) is 0 Å². The van der Waals surface area contributed by atoms with Crippen molar-refractivity contribution in [2.24, 2.45) is 0 Å². The Kier molecular flexibility index (Phi) is 5.30. The van der Waals surface area contributed by atoms with Crippen LogP contribution in [0.2, 0.25) is 0 Å². The second-order valence-corrected chi connectivity index (χ2v) is 4.83. The lowest BCUT2D eigenvalue weighted by molar-refractivity contribution is 0.301. The van der Waals surface area contributed by atoms with Gasteiger partial charge in [0.15, 0.2) is 0 Å². The first-order chi connectivity index (χ1) is 9.74. The van der Waals surface area contributed by atoms with Crippen molar-refractivity contribution in [3.05, 3.63) is 54.1 Å². The predicted octanol–water partition coefficient (Wildman–Crippen LogP) is 3.89. The van der Waals surface area contributed by atoms with Crippen molar-refractivity contribution >= 4 is 0 Å². The van der Waals surface area contributed by atoms with Crippen molar-refractivity contribution in [1.82, 2.24) is 0 Å². The first-order valence-corrected chi connectivity index (χ1v) is 6.94. The van der Waals surface area contributed by atoms with Crippen molar-refractivity contribution in [1.29, 1.82) is 0 Å². The Balaban J connectivity index is 1.62. The van der Waals surface area contributed by atoms with Crippen LogP contribution in [0, 0.1) is 0 Å². The minimum absolute atomic E-state index is 0.0177. The van der Waals surface area contributed by atoms with E-state index in [0.717, 1.165) is 25.7 Å². The Bertz CT molecular complexity index is 503. The Morgan fingerprint density at radius 2 is 1.50 bits per heavy atom. The van der Waals surface area contributed by atoms with Gasteiger partial charge in [-0.2, -0.15) is 0 Å². The van der Waals surface area contributed by atoms with Gasteiger partial charge in [0.2, 0.25) is 0 Å².